The number of nitrogens with zero attached hydrogens (tertiary/aromatic N) is 2. The molecule has 1 N–H and O–H groups in total. The molecule has 0 fully saturated rings. The highest BCUT2D eigenvalue weighted by Gasteiger charge is 2.23. The van der Waals surface area contributed by atoms with E-state index in [1.54, 1.807) is 31.2 Å². The summed E-state index contributed by atoms with van der Waals surface area (Å²) >= 11 is 0.942. The summed E-state index contributed by atoms with van der Waals surface area (Å²) < 4.78 is 29.7. The van der Waals surface area contributed by atoms with E-state index in [2.05, 4.69) is 15.0 Å². The van der Waals surface area contributed by atoms with Gasteiger partial charge in [-0.2, -0.15) is 0 Å². The molecule has 0 saturated carbocycles. The van der Waals surface area contributed by atoms with Gasteiger partial charge in [0, 0.05) is 0 Å². The van der Waals surface area contributed by atoms with Crippen LogP contribution in [0, 0.1) is 6.92 Å². The lowest BCUT2D eigenvalue weighted by Gasteiger charge is -2.23. The van der Waals surface area contributed by atoms with Crippen molar-refractivity contribution >= 4 is 44.1 Å². The van der Waals surface area contributed by atoms with Crippen LogP contribution in [-0.4, -0.2) is 45.2 Å². The third-order valence-electron chi connectivity index (χ3n) is 3.21. The fraction of sp³-hybridized carbons (Fsp3) is 0.267. The van der Waals surface area contributed by atoms with Crippen molar-refractivity contribution in [3.05, 3.63) is 40.9 Å². The van der Waals surface area contributed by atoms with E-state index < -0.39 is 28.4 Å². The Morgan fingerprint density at radius 2 is 2.00 bits per heavy atom. The number of para-hydroxylation sites is 1. The summed E-state index contributed by atoms with van der Waals surface area (Å²) in [4.78, 5) is 27.8. The van der Waals surface area contributed by atoms with Crippen LogP contribution >= 0.6 is 11.3 Å². The zero-order chi connectivity index (χ0) is 18.6. The van der Waals surface area contributed by atoms with Gasteiger partial charge in [-0.25, -0.2) is 18.2 Å². The number of benzene rings is 1. The maximum absolute atomic E-state index is 12.2. The van der Waals surface area contributed by atoms with Gasteiger partial charge < -0.3 is 10.1 Å². The third kappa shape index (κ3) is 4.77. The Bertz CT molecular complexity index is 892. The molecule has 0 saturated heterocycles. The van der Waals surface area contributed by atoms with Crippen molar-refractivity contribution < 1.29 is 22.7 Å². The number of anilines is 2. The first-order valence-corrected chi connectivity index (χ1v) is 9.76. The first-order chi connectivity index (χ1) is 11.7. The van der Waals surface area contributed by atoms with Crippen molar-refractivity contribution in [3.8, 4) is 0 Å². The summed E-state index contributed by atoms with van der Waals surface area (Å²) in [5.41, 5.74) is 1.15. The maximum atomic E-state index is 12.2. The second-order valence-corrected chi connectivity index (χ2v) is 8.06. The van der Waals surface area contributed by atoms with Crippen LogP contribution in [0.2, 0.25) is 0 Å². The number of nitrogens with one attached hydrogen (secondary N) is 1. The molecule has 10 heteroatoms. The third-order valence-corrected chi connectivity index (χ3v) is 5.23. The van der Waals surface area contributed by atoms with Crippen LogP contribution in [0.5, 0.6) is 0 Å². The quantitative estimate of drug-likeness (QED) is 0.760. The number of hydrogen-bond donors (Lipinski definition) is 1. The minimum atomic E-state index is -3.66. The van der Waals surface area contributed by atoms with Gasteiger partial charge in [-0.15, -0.1) is 0 Å². The van der Waals surface area contributed by atoms with Gasteiger partial charge in [-0.05, 0) is 18.6 Å². The van der Waals surface area contributed by atoms with Crippen molar-refractivity contribution in [2.45, 2.75) is 6.92 Å². The Morgan fingerprint density at radius 3 is 2.60 bits per heavy atom. The van der Waals surface area contributed by atoms with Crippen molar-refractivity contribution in [2.75, 3.05) is 29.5 Å². The molecule has 0 aliphatic rings. The number of rotatable bonds is 6. The predicted molar refractivity (Wildman–Crippen MR) is 95.5 cm³/mol. The molecule has 0 atom stereocenters. The number of esters is 1. The number of amides is 1. The van der Waals surface area contributed by atoms with Crippen molar-refractivity contribution in [1.29, 1.82) is 0 Å². The summed E-state index contributed by atoms with van der Waals surface area (Å²) in [6.07, 6.45) is 2.31. The van der Waals surface area contributed by atoms with Crippen LogP contribution < -0.4 is 9.62 Å². The predicted octanol–water partition coefficient (Wildman–Crippen LogP) is 1.64. The normalized spacial score (nSPS) is 11.0. The van der Waals surface area contributed by atoms with E-state index in [0.717, 1.165) is 27.5 Å². The molecule has 1 heterocycles. The number of thiazole rings is 1. The maximum Gasteiger partial charge on any atom is 0.349 e. The minimum absolute atomic E-state index is 0.184. The van der Waals surface area contributed by atoms with Gasteiger partial charge in [0.25, 0.3) is 0 Å². The SMILES string of the molecule is COC(=O)c1cnc(NC(=O)CN(c2ccccc2C)S(C)(=O)=O)s1. The van der Waals surface area contributed by atoms with Crippen LogP contribution in [-0.2, 0) is 19.6 Å². The summed E-state index contributed by atoms with van der Waals surface area (Å²) in [6, 6.07) is 6.86. The lowest BCUT2D eigenvalue weighted by Crippen LogP contribution is -2.37. The van der Waals surface area contributed by atoms with E-state index in [9.17, 15) is 18.0 Å². The van der Waals surface area contributed by atoms with Gasteiger partial charge in [0.05, 0.1) is 25.2 Å². The summed E-state index contributed by atoms with van der Waals surface area (Å²) in [5.74, 6) is -1.13. The zero-order valence-corrected chi connectivity index (χ0v) is 15.5. The number of methoxy groups -OCH3 is 1. The van der Waals surface area contributed by atoms with Crippen molar-refractivity contribution in [2.24, 2.45) is 0 Å². The fourth-order valence-electron chi connectivity index (χ4n) is 2.04. The molecule has 2 aromatic rings. The standard InChI is InChI=1S/C15H17N3O5S2/c1-10-6-4-5-7-11(10)18(25(3,21)22)9-13(19)17-15-16-8-12(24-15)14(20)23-2/h4-8H,9H2,1-3H3,(H,16,17,19). The van der Waals surface area contributed by atoms with E-state index in [1.165, 1.54) is 13.3 Å². The summed E-state index contributed by atoms with van der Waals surface area (Å²) in [6.45, 7) is 1.35. The average Bonchev–Trinajstić information content (AvgIpc) is 3.00. The molecule has 0 aliphatic heterocycles. The van der Waals surface area contributed by atoms with Crippen LogP contribution in [0.25, 0.3) is 0 Å². The molecule has 134 valence electrons. The van der Waals surface area contributed by atoms with Gasteiger partial charge in [-0.3, -0.25) is 9.10 Å². The number of carbonyl (C=O) groups is 2. The Hall–Kier alpha value is -2.46. The molecule has 8 nitrogen and oxygen atoms in total. The van der Waals surface area contributed by atoms with E-state index in [0.29, 0.717) is 5.69 Å². The van der Waals surface area contributed by atoms with E-state index in [-0.39, 0.29) is 10.0 Å². The Balaban J connectivity index is 2.17. The van der Waals surface area contributed by atoms with Gasteiger partial charge in [0.2, 0.25) is 15.9 Å². The van der Waals surface area contributed by atoms with Gasteiger partial charge >= 0.3 is 5.97 Å². The molecule has 25 heavy (non-hydrogen) atoms. The van der Waals surface area contributed by atoms with Crippen molar-refractivity contribution in [1.82, 2.24) is 4.98 Å². The Labute approximate surface area is 149 Å². The average molecular weight is 383 g/mol. The van der Waals surface area contributed by atoms with Gasteiger partial charge in [0.15, 0.2) is 5.13 Å². The zero-order valence-electron chi connectivity index (χ0n) is 13.8. The Morgan fingerprint density at radius 1 is 1.32 bits per heavy atom. The molecule has 0 spiro atoms. The molecule has 1 amide bonds. The first kappa shape index (κ1) is 18.9. The van der Waals surface area contributed by atoms with Gasteiger partial charge in [0.1, 0.15) is 11.4 Å². The van der Waals surface area contributed by atoms with Gasteiger partial charge in [-0.1, -0.05) is 29.5 Å². The lowest BCUT2D eigenvalue weighted by atomic mass is 10.2. The lowest BCUT2D eigenvalue weighted by molar-refractivity contribution is -0.114. The second kappa shape index (κ2) is 7.62. The number of carbonyl (C=O) groups excluding carboxylic acids is 2. The first-order valence-electron chi connectivity index (χ1n) is 7.09. The molecule has 0 bridgehead atoms. The van der Waals surface area contributed by atoms with E-state index >= 15 is 0 Å². The minimum Gasteiger partial charge on any atom is -0.465 e. The van der Waals surface area contributed by atoms with Crippen molar-refractivity contribution in [3.63, 3.8) is 0 Å². The number of hydrogen-bond acceptors (Lipinski definition) is 7. The van der Waals surface area contributed by atoms with E-state index in [4.69, 9.17) is 0 Å². The molecule has 0 aliphatic carbocycles. The van der Waals surface area contributed by atoms with Crippen LogP contribution in [0.4, 0.5) is 10.8 Å². The van der Waals surface area contributed by atoms with E-state index in [1.807, 2.05) is 0 Å². The topological polar surface area (TPSA) is 106 Å². The summed E-state index contributed by atoms with van der Waals surface area (Å²) in [5, 5.41) is 2.67. The van der Waals surface area contributed by atoms with Crippen LogP contribution in [0.1, 0.15) is 15.2 Å². The highest BCUT2D eigenvalue weighted by molar-refractivity contribution is 7.92. The number of aromatic nitrogens is 1. The molecular formula is C15H17N3O5S2. The largest absolute Gasteiger partial charge is 0.465 e. The molecule has 0 unspecified atom stereocenters. The number of ether oxygens (including phenoxy) is 1. The second-order valence-electron chi connectivity index (χ2n) is 5.13. The fourth-order valence-corrected chi connectivity index (χ4v) is 3.70. The smallest absolute Gasteiger partial charge is 0.349 e. The van der Waals surface area contributed by atoms with Crippen LogP contribution in [0.3, 0.4) is 0 Å². The molecule has 0 radical (unpaired) electrons. The summed E-state index contributed by atoms with van der Waals surface area (Å²) in [7, 11) is -2.42. The highest BCUT2D eigenvalue weighted by Crippen LogP contribution is 2.23. The number of aryl methyl sites for hydroxylation is 1. The monoisotopic (exact) mass is 383 g/mol. The molecule has 1 aromatic heterocycles. The molecule has 1 aromatic carbocycles. The van der Waals surface area contributed by atoms with Crippen LogP contribution in [0.15, 0.2) is 30.5 Å². The molecular weight excluding hydrogens is 366 g/mol. The Kier molecular flexibility index (Phi) is 5.75. The molecule has 2 rings (SSSR count). The highest BCUT2D eigenvalue weighted by atomic mass is 32.2. The number of sulfonamides is 1.